The molecule has 2 N–H and O–H groups in total. The van der Waals surface area contributed by atoms with Crippen LogP contribution in [0.4, 0.5) is 5.82 Å². The SMILES string of the molecule is CCC(CC)(CO)Nc1ccc2c(n1)CCC2. The zero-order valence-corrected chi connectivity index (χ0v) is 10.8. The van der Waals surface area contributed by atoms with E-state index in [-0.39, 0.29) is 12.1 Å². The Morgan fingerprint density at radius 1 is 1.29 bits per heavy atom. The van der Waals surface area contributed by atoms with Gasteiger partial charge in [0.25, 0.3) is 0 Å². The lowest BCUT2D eigenvalue weighted by molar-refractivity contribution is 0.202. The van der Waals surface area contributed by atoms with Gasteiger partial charge in [0.05, 0.1) is 12.1 Å². The van der Waals surface area contributed by atoms with Gasteiger partial charge in [-0.2, -0.15) is 0 Å². The van der Waals surface area contributed by atoms with E-state index >= 15 is 0 Å². The van der Waals surface area contributed by atoms with Crippen LogP contribution in [-0.2, 0) is 12.8 Å². The normalized spacial score (nSPS) is 14.8. The molecule has 0 radical (unpaired) electrons. The minimum absolute atomic E-state index is 0.152. The van der Waals surface area contributed by atoms with Gasteiger partial charge < -0.3 is 10.4 Å². The van der Waals surface area contributed by atoms with Gasteiger partial charge in [-0.25, -0.2) is 4.98 Å². The molecule has 0 spiro atoms. The quantitative estimate of drug-likeness (QED) is 0.823. The number of anilines is 1. The monoisotopic (exact) mass is 234 g/mol. The second-order valence-corrected chi connectivity index (χ2v) is 4.93. The number of nitrogens with one attached hydrogen (secondary N) is 1. The van der Waals surface area contributed by atoms with Crippen LogP contribution in [-0.4, -0.2) is 22.2 Å². The van der Waals surface area contributed by atoms with Gasteiger partial charge in [-0.15, -0.1) is 0 Å². The van der Waals surface area contributed by atoms with Crippen LogP contribution >= 0.6 is 0 Å². The summed E-state index contributed by atoms with van der Waals surface area (Å²) in [6, 6.07) is 4.21. The van der Waals surface area contributed by atoms with Gasteiger partial charge in [-0.1, -0.05) is 19.9 Å². The van der Waals surface area contributed by atoms with E-state index in [9.17, 15) is 5.11 Å². The van der Waals surface area contributed by atoms with Crippen LogP contribution in [0.5, 0.6) is 0 Å². The van der Waals surface area contributed by atoms with E-state index < -0.39 is 0 Å². The third-order valence-corrected chi connectivity index (χ3v) is 3.98. The fourth-order valence-corrected chi connectivity index (χ4v) is 2.45. The molecule has 0 aliphatic heterocycles. The molecule has 3 heteroatoms. The zero-order valence-electron chi connectivity index (χ0n) is 10.8. The fourth-order valence-electron chi connectivity index (χ4n) is 2.45. The molecule has 0 unspecified atom stereocenters. The van der Waals surface area contributed by atoms with Crippen LogP contribution in [0.15, 0.2) is 12.1 Å². The van der Waals surface area contributed by atoms with Gasteiger partial charge in [0.2, 0.25) is 0 Å². The number of aliphatic hydroxyl groups is 1. The first kappa shape index (κ1) is 12.4. The van der Waals surface area contributed by atoms with Crippen molar-refractivity contribution in [1.82, 2.24) is 4.98 Å². The molecule has 0 amide bonds. The van der Waals surface area contributed by atoms with Gasteiger partial charge >= 0.3 is 0 Å². The van der Waals surface area contributed by atoms with Gasteiger partial charge in [-0.3, -0.25) is 0 Å². The maximum absolute atomic E-state index is 9.54. The molecule has 1 aliphatic carbocycles. The molecule has 1 aromatic rings. The number of rotatable bonds is 5. The topological polar surface area (TPSA) is 45.1 Å². The number of hydrogen-bond acceptors (Lipinski definition) is 3. The molecule has 0 aromatic carbocycles. The predicted molar refractivity (Wildman–Crippen MR) is 70.3 cm³/mol. The van der Waals surface area contributed by atoms with Crippen molar-refractivity contribution in [2.45, 2.75) is 51.5 Å². The summed E-state index contributed by atoms with van der Waals surface area (Å²) in [6.07, 6.45) is 5.28. The van der Waals surface area contributed by atoms with Crippen LogP contribution in [0.1, 0.15) is 44.4 Å². The third-order valence-electron chi connectivity index (χ3n) is 3.98. The van der Waals surface area contributed by atoms with Crippen LogP contribution < -0.4 is 5.32 Å². The van der Waals surface area contributed by atoms with Crippen molar-refractivity contribution in [3.05, 3.63) is 23.4 Å². The number of aromatic nitrogens is 1. The highest BCUT2D eigenvalue weighted by molar-refractivity contribution is 5.42. The molecule has 94 valence electrons. The summed E-state index contributed by atoms with van der Waals surface area (Å²) in [5.74, 6) is 0.906. The second-order valence-electron chi connectivity index (χ2n) is 4.93. The van der Waals surface area contributed by atoms with Crippen molar-refractivity contribution >= 4 is 5.82 Å². The number of nitrogens with zero attached hydrogens (tertiary/aromatic N) is 1. The van der Waals surface area contributed by atoms with Crippen molar-refractivity contribution in [2.75, 3.05) is 11.9 Å². The molecule has 0 saturated carbocycles. The fraction of sp³-hybridized carbons (Fsp3) is 0.643. The van der Waals surface area contributed by atoms with Crippen molar-refractivity contribution in [2.24, 2.45) is 0 Å². The Morgan fingerprint density at radius 3 is 2.71 bits per heavy atom. The predicted octanol–water partition coefficient (Wildman–Crippen LogP) is 2.53. The van der Waals surface area contributed by atoms with E-state index in [0.29, 0.717) is 0 Å². The molecule has 0 atom stereocenters. The lowest BCUT2D eigenvalue weighted by Crippen LogP contribution is -2.41. The summed E-state index contributed by atoms with van der Waals surface area (Å²) in [5.41, 5.74) is 2.40. The first-order chi connectivity index (χ1) is 8.23. The number of aliphatic hydroxyl groups excluding tert-OH is 1. The maximum atomic E-state index is 9.54. The number of hydrogen-bond donors (Lipinski definition) is 2. The van der Waals surface area contributed by atoms with Crippen LogP contribution in [0.25, 0.3) is 0 Å². The smallest absolute Gasteiger partial charge is 0.126 e. The molecule has 2 rings (SSSR count). The van der Waals surface area contributed by atoms with E-state index in [1.807, 2.05) is 6.07 Å². The van der Waals surface area contributed by atoms with Crippen molar-refractivity contribution in [3.63, 3.8) is 0 Å². The Kier molecular flexibility index (Phi) is 3.67. The van der Waals surface area contributed by atoms with Crippen LogP contribution in [0.2, 0.25) is 0 Å². The van der Waals surface area contributed by atoms with Crippen molar-refractivity contribution in [3.8, 4) is 0 Å². The highest BCUT2D eigenvalue weighted by Crippen LogP contribution is 2.25. The van der Waals surface area contributed by atoms with E-state index in [0.717, 1.165) is 31.5 Å². The molecule has 0 fully saturated rings. The van der Waals surface area contributed by atoms with Gasteiger partial charge in [0.15, 0.2) is 0 Å². The highest BCUT2D eigenvalue weighted by Gasteiger charge is 2.25. The average molecular weight is 234 g/mol. The largest absolute Gasteiger partial charge is 0.394 e. The summed E-state index contributed by atoms with van der Waals surface area (Å²) < 4.78 is 0. The number of aryl methyl sites for hydroxylation is 2. The molecule has 0 bridgehead atoms. The molecular formula is C14H22N2O. The standard InChI is InChI=1S/C14H22N2O/c1-3-14(4-2,10-17)16-13-9-8-11-6-5-7-12(11)15-13/h8-9,17H,3-7,10H2,1-2H3,(H,15,16). The molecule has 1 aromatic heterocycles. The average Bonchev–Trinajstić information content (AvgIpc) is 2.83. The number of pyridine rings is 1. The van der Waals surface area contributed by atoms with Crippen LogP contribution in [0.3, 0.4) is 0 Å². The molecule has 1 heterocycles. The summed E-state index contributed by atoms with van der Waals surface area (Å²) in [6.45, 7) is 4.35. The minimum Gasteiger partial charge on any atom is -0.394 e. The molecule has 1 aliphatic rings. The van der Waals surface area contributed by atoms with E-state index in [1.165, 1.54) is 17.7 Å². The van der Waals surface area contributed by atoms with Crippen molar-refractivity contribution < 1.29 is 5.11 Å². The zero-order chi connectivity index (χ0) is 12.3. The van der Waals surface area contributed by atoms with E-state index in [2.05, 4.69) is 30.2 Å². The van der Waals surface area contributed by atoms with E-state index in [1.54, 1.807) is 0 Å². The molecule has 17 heavy (non-hydrogen) atoms. The molecule has 0 saturated heterocycles. The molecular weight excluding hydrogens is 212 g/mol. The highest BCUT2D eigenvalue weighted by atomic mass is 16.3. The summed E-state index contributed by atoms with van der Waals surface area (Å²) in [7, 11) is 0. The van der Waals surface area contributed by atoms with Gasteiger partial charge in [0.1, 0.15) is 5.82 Å². The summed E-state index contributed by atoms with van der Waals surface area (Å²) in [4.78, 5) is 4.66. The Morgan fingerprint density at radius 2 is 2.06 bits per heavy atom. The first-order valence-corrected chi connectivity index (χ1v) is 6.61. The lowest BCUT2D eigenvalue weighted by Gasteiger charge is -2.31. The summed E-state index contributed by atoms with van der Waals surface area (Å²) >= 11 is 0. The van der Waals surface area contributed by atoms with Crippen molar-refractivity contribution in [1.29, 1.82) is 0 Å². The maximum Gasteiger partial charge on any atom is 0.126 e. The molecule has 3 nitrogen and oxygen atoms in total. The number of fused-ring (bicyclic) bond motifs is 1. The van der Waals surface area contributed by atoms with Gasteiger partial charge in [-0.05, 0) is 43.7 Å². The van der Waals surface area contributed by atoms with Gasteiger partial charge in [0, 0.05) is 5.69 Å². The Labute approximate surface area is 103 Å². The van der Waals surface area contributed by atoms with E-state index in [4.69, 9.17) is 0 Å². The Bertz CT molecular complexity index is 378. The second kappa shape index (κ2) is 5.05. The third kappa shape index (κ3) is 2.44. The lowest BCUT2D eigenvalue weighted by atomic mass is 9.94. The summed E-state index contributed by atoms with van der Waals surface area (Å²) in [5, 5.41) is 13.0. The van der Waals surface area contributed by atoms with Crippen LogP contribution in [0, 0.1) is 0 Å². The minimum atomic E-state index is -0.222. The Balaban J connectivity index is 2.18. The first-order valence-electron chi connectivity index (χ1n) is 6.61. The Hall–Kier alpha value is -1.09.